The van der Waals surface area contributed by atoms with Gasteiger partial charge < -0.3 is 11.5 Å². The van der Waals surface area contributed by atoms with E-state index in [2.05, 4.69) is 13.0 Å². The summed E-state index contributed by atoms with van der Waals surface area (Å²) < 4.78 is 0. The summed E-state index contributed by atoms with van der Waals surface area (Å²) in [7, 11) is 0. The van der Waals surface area contributed by atoms with Crippen molar-refractivity contribution in [1.82, 2.24) is 0 Å². The number of aryl methyl sites for hydroxylation is 1. The summed E-state index contributed by atoms with van der Waals surface area (Å²) in [6.07, 6.45) is 7.83. The van der Waals surface area contributed by atoms with Crippen molar-refractivity contribution in [1.29, 1.82) is 0 Å². The van der Waals surface area contributed by atoms with E-state index >= 15 is 0 Å². The van der Waals surface area contributed by atoms with Crippen molar-refractivity contribution in [3.63, 3.8) is 0 Å². The number of carbonyl (C=O) groups is 2. The molecule has 0 saturated carbocycles. The number of primary amides is 2. The minimum atomic E-state index is -0.323. The molecule has 0 fully saturated rings. The van der Waals surface area contributed by atoms with Crippen LogP contribution in [0.25, 0.3) is 6.08 Å². The Labute approximate surface area is 132 Å². The van der Waals surface area contributed by atoms with Crippen LogP contribution in [0, 0.1) is 12.8 Å². The molecule has 0 aliphatic heterocycles. The Morgan fingerprint density at radius 2 is 1.95 bits per heavy atom. The van der Waals surface area contributed by atoms with Crippen LogP contribution in [-0.2, 0) is 16.0 Å². The Morgan fingerprint density at radius 3 is 2.50 bits per heavy atom. The van der Waals surface area contributed by atoms with Crippen molar-refractivity contribution in [3.8, 4) is 0 Å². The molecule has 0 spiro atoms. The van der Waals surface area contributed by atoms with Crippen molar-refractivity contribution in [2.75, 3.05) is 0 Å². The third-order valence-electron chi connectivity index (χ3n) is 3.73. The monoisotopic (exact) mass is 302 g/mol. The van der Waals surface area contributed by atoms with Crippen molar-refractivity contribution in [3.05, 3.63) is 41.0 Å². The second-order valence-corrected chi connectivity index (χ2v) is 5.70. The molecule has 0 saturated heterocycles. The number of hydrogen-bond acceptors (Lipinski definition) is 2. The third kappa shape index (κ3) is 6.12. The number of rotatable bonds is 9. The highest BCUT2D eigenvalue weighted by molar-refractivity contribution is 5.77. The molecule has 22 heavy (non-hydrogen) atoms. The molecular weight excluding hydrogens is 276 g/mol. The molecule has 0 heterocycles. The van der Waals surface area contributed by atoms with Gasteiger partial charge in [-0.2, -0.15) is 0 Å². The van der Waals surface area contributed by atoms with Crippen LogP contribution in [0.3, 0.4) is 0 Å². The molecule has 0 aliphatic carbocycles. The van der Waals surface area contributed by atoms with E-state index in [1.165, 1.54) is 0 Å². The number of allylic oxidation sites excluding steroid dienone is 1. The molecule has 2 amide bonds. The SMILES string of the molecule is CCCC(CC/C=C\c1ccc(CC(N)=O)cc1C)C(N)=O. The topological polar surface area (TPSA) is 86.2 Å². The highest BCUT2D eigenvalue weighted by Gasteiger charge is 2.12. The minimum Gasteiger partial charge on any atom is -0.369 e. The van der Waals surface area contributed by atoms with Gasteiger partial charge in [-0.1, -0.05) is 43.7 Å². The van der Waals surface area contributed by atoms with Crippen molar-refractivity contribution in [2.24, 2.45) is 17.4 Å². The molecule has 1 unspecified atom stereocenters. The molecule has 120 valence electrons. The highest BCUT2D eigenvalue weighted by atomic mass is 16.1. The van der Waals surface area contributed by atoms with Gasteiger partial charge >= 0.3 is 0 Å². The highest BCUT2D eigenvalue weighted by Crippen LogP contribution is 2.16. The normalized spacial score (nSPS) is 12.5. The summed E-state index contributed by atoms with van der Waals surface area (Å²) in [5.41, 5.74) is 13.7. The lowest BCUT2D eigenvalue weighted by molar-refractivity contribution is -0.122. The maximum Gasteiger partial charge on any atom is 0.221 e. The molecule has 0 aliphatic rings. The summed E-state index contributed by atoms with van der Waals surface area (Å²) in [4.78, 5) is 22.2. The van der Waals surface area contributed by atoms with Gasteiger partial charge in [0.1, 0.15) is 0 Å². The van der Waals surface area contributed by atoms with Gasteiger partial charge in [-0.15, -0.1) is 0 Å². The third-order valence-corrected chi connectivity index (χ3v) is 3.73. The quantitative estimate of drug-likeness (QED) is 0.735. The first-order chi connectivity index (χ1) is 10.4. The van der Waals surface area contributed by atoms with E-state index in [0.29, 0.717) is 0 Å². The Bertz CT molecular complexity index is 550. The molecule has 4 heteroatoms. The van der Waals surface area contributed by atoms with Crippen molar-refractivity contribution < 1.29 is 9.59 Å². The zero-order chi connectivity index (χ0) is 16.5. The van der Waals surface area contributed by atoms with E-state index in [1.54, 1.807) is 0 Å². The first-order valence-corrected chi connectivity index (χ1v) is 7.77. The lowest BCUT2D eigenvalue weighted by Gasteiger charge is -2.10. The first-order valence-electron chi connectivity index (χ1n) is 7.77. The number of nitrogens with two attached hydrogens (primary N) is 2. The van der Waals surface area contributed by atoms with Crippen LogP contribution in [0.15, 0.2) is 24.3 Å². The summed E-state index contributed by atoms with van der Waals surface area (Å²) in [5.74, 6) is -0.563. The molecule has 1 aromatic rings. The molecule has 1 aromatic carbocycles. The van der Waals surface area contributed by atoms with Gasteiger partial charge in [0.2, 0.25) is 11.8 Å². The average molecular weight is 302 g/mol. The van der Waals surface area contributed by atoms with Gasteiger partial charge in [0.15, 0.2) is 0 Å². The molecule has 0 aromatic heterocycles. The smallest absolute Gasteiger partial charge is 0.221 e. The Kier molecular flexibility index (Phi) is 7.37. The fraction of sp³-hybridized carbons (Fsp3) is 0.444. The van der Waals surface area contributed by atoms with Crippen molar-refractivity contribution in [2.45, 2.75) is 46.0 Å². The standard InChI is InChI=1S/C18H26N2O2/c1-3-6-16(18(20)22)8-5-4-7-15-10-9-14(11-13(15)2)12-17(19)21/h4,7,9-11,16H,3,5-6,8,12H2,1-2H3,(H2,19,21)(H2,20,22)/b7-4-. The molecule has 1 atom stereocenters. The van der Waals surface area contributed by atoms with Crippen LogP contribution >= 0.6 is 0 Å². The Balaban J connectivity index is 2.59. The second kappa shape index (κ2) is 9.03. The summed E-state index contributed by atoms with van der Waals surface area (Å²) in [6, 6.07) is 5.89. The minimum absolute atomic E-state index is 0.0336. The van der Waals surface area contributed by atoms with Crippen LogP contribution < -0.4 is 11.5 Å². The maximum atomic E-state index is 11.3. The van der Waals surface area contributed by atoms with E-state index in [4.69, 9.17) is 11.5 Å². The van der Waals surface area contributed by atoms with Gasteiger partial charge in [0, 0.05) is 5.92 Å². The molecule has 4 nitrogen and oxygen atoms in total. The summed E-state index contributed by atoms with van der Waals surface area (Å²) in [6.45, 7) is 4.07. The zero-order valence-electron chi connectivity index (χ0n) is 13.5. The van der Waals surface area contributed by atoms with Gasteiger partial charge in [0.25, 0.3) is 0 Å². The van der Waals surface area contributed by atoms with Crippen molar-refractivity contribution >= 4 is 17.9 Å². The predicted molar refractivity (Wildman–Crippen MR) is 89.9 cm³/mol. The van der Waals surface area contributed by atoms with Gasteiger partial charge in [-0.25, -0.2) is 0 Å². The average Bonchev–Trinajstić information content (AvgIpc) is 2.43. The van der Waals surface area contributed by atoms with Gasteiger partial charge in [0.05, 0.1) is 6.42 Å². The Morgan fingerprint density at radius 1 is 1.23 bits per heavy atom. The van der Waals surface area contributed by atoms with E-state index in [-0.39, 0.29) is 24.2 Å². The molecule has 0 bridgehead atoms. The number of hydrogen-bond donors (Lipinski definition) is 2. The lowest BCUT2D eigenvalue weighted by Crippen LogP contribution is -2.22. The first kappa shape index (κ1) is 18.0. The van der Waals surface area contributed by atoms with Gasteiger partial charge in [-0.05, 0) is 42.9 Å². The number of carbonyl (C=O) groups excluding carboxylic acids is 2. The number of amides is 2. The molecule has 0 radical (unpaired) electrons. The second-order valence-electron chi connectivity index (χ2n) is 5.70. The van der Waals surface area contributed by atoms with Gasteiger partial charge in [-0.3, -0.25) is 9.59 Å². The van der Waals surface area contributed by atoms with E-state index in [9.17, 15) is 9.59 Å². The van der Waals surface area contributed by atoms with E-state index in [0.717, 1.165) is 42.4 Å². The fourth-order valence-corrected chi connectivity index (χ4v) is 2.52. The van der Waals surface area contributed by atoms with Crippen LogP contribution in [0.1, 0.15) is 49.3 Å². The Hall–Kier alpha value is -2.10. The number of benzene rings is 1. The van der Waals surface area contributed by atoms with Crippen LogP contribution in [0.2, 0.25) is 0 Å². The lowest BCUT2D eigenvalue weighted by atomic mass is 9.96. The van der Waals surface area contributed by atoms with E-state index in [1.807, 2.05) is 31.2 Å². The molecule has 4 N–H and O–H groups in total. The van der Waals surface area contributed by atoms with E-state index < -0.39 is 0 Å². The van der Waals surface area contributed by atoms with Crippen LogP contribution in [-0.4, -0.2) is 11.8 Å². The molecular formula is C18H26N2O2. The summed E-state index contributed by atoms with van der Waals surface area (Å²) in [5, 5.41) is 0. The zero-order valence-corrected chi connectivity index (χ0v) is 13.5. The summed E-state index contributed by atoms with van der Waals surface area (Å²) >= 11 is 0. The molecule has 1 rings (SSSR count). The predicted octanol–water partition coefficient (Wildman–Crippen LogP) is 2.72. The van der Waals surface area contributed by atoms with Crippen LogP contribution in [0.5, 0.6) is 0 Å². The maximum absolute atomic E-state index is 11.3. The largest absolute Gasteiger partial charge is 0.369 e. The fourth-order valence-electron chi connectivity index (χ4n) is 2.52. The van der Waals surface area contributed by atoms with Crippen LogP contribution in [0.4, 0.5) is 0 Å².